The van der Waals surface area contributed by atoms with E-state index in [1.807, 2.05) is 12.1 Å². The van der Waals surface area contributed by atoms with Crippen molar-refractivity contribution in [3.63, 3.8) is 0 Å². The van der Waals surface area contributed by atoms with Gasteiger partial charge in [-0.1, -0.05) is 35.1 Å². The smallest absolute Gasteiger partial charge is 0.221 e. The summed E-state index contributed by atoms with van der Waals surface area (Å²) in [6.45, 7) is 0. The van der Waals surface area contributed by atoms with E-state index in [0.29, 0.717) is 29.2 Å². The summed E-state index contributed by atoms with van der Waals surface area (Å²) in [6, 6.07) is 7.16. The van der Waals surface area contributed by atoms with Crippen LogP contribution in [0.2, 0.25) is 5.02 Å². The molecule has 120 valence electrons. The highest BCUT2D eigenvalue weighted by molar-refractivity contribution is 7.95. The van der Waals surface area contributed by atoms with Crippen molar-refractivity contribution in [3.05, 3.63) is 34.9 Å². The lowest BCUT2D eigenvalue weighted by molar-refractivity contribution is 0.589. The molecule has 1 aromatic heterocycles. The van der Waals surface area contributed by atoms with Gasteiger partial charge in [-0.05, 0) is 30.5 Å². The van der Waals surface area contributed by atoms with Gasteiger partial charge in [0.1, 0.15) is 0 Å². The van der Waals surface area contributed by atoms with Crippen LogP contribution in [0.15, 0.2) is 32.9 Å². The van der Waals surface area contributed by atoms with E-state index >= 15 is 0 Å². The van der Waals surface area contributed by atoms with Crippen LogP contribution >= 0.6 is 22.9 Å². The molecule has 0 atom stereocenters. The number of hydrogen-bond donors (Lipinski definition) is 0. The highest BCUT2D eigenvalue weighted by Crippen LogP contribution is 2.21. The molecule has 0 aliphatic heterocycles. The highest BCUT2D eigenvalue weighted by atomic mass is 35.5. The quantitative estimate of drug-likeness (QED) is 0.760. The lowest BCUT2D eigenvalue weighted by Gasteiger charge is -2.02. The van der Waals surface area contributed by atoms with Gasteiger partial charge in [-0.3, -0.25) is 0 Å². The van der Waals surface area contributed by atoms with E-state index in [1.54, 1.807) is 12.1 Å². The van der Waals surface area contributed by atoms with Gasteiger partial charge in [0.15, 0.2) is 0 Å². The summed E-state index contributed by atoms with van der Waals surface area (Å²) < 4.78 is 46.3. The van der Waals surface area contributed by atoms with Gasteiger partial charge < -0.3 is 0 Å². The van der Waals surface area contributed by atoms with Crippen molar-refractivity contribution in [1.29, 1.82) is 0 Å². The number of halogens is 1. The van der Waals surface area contributed by atoms with E-state index in [2.05, 4.69) is 10.2 Å². The minimum atomic E-state index is -3.62. The molecule has 0 aliphatic rings. The molecule has 10 heteroatoms. The molecule has 0 aliphatic carbocycles. The number of nitrogens with zero attached hydrogens (tertiary/aromatic N) is 2. The van der Waals surface area contributed by atoms with Crippen molar-refractivity contribution in [2.45, 2.75) is 21.5 Å². The zero-order valence-corrected chi connectivity index (χ0v) is 14.8. The Kier molecular flexibility index (Phi) is 5.21. The summed E-state index contributed by atoms with van der Waals surface area (Å²) in [5.74, 6) is -0.117. The standard InChI is InChI=1S/C12H13ClN2O4S3/c1-21(16,17)11-14-15-12(20-11)22(18,19)8-2-3-9-4-6-10(13)7-5-9/h4-7H,2-3,8H2,1H3. The Labute approximate surface area is 138 Å². The second-order valence-corrected chi connectivity index (χ2v) is 10.5. The SMILES string of the molecule is CS(=O)(=O)c1nnc(S(=O)(=O)CCCc2ccc(Cl)cc2)s1. The van der Waals surface area contributed by atoms with Gasteiger partial charge in [-0.25, -0.2) is 16.8 Å². The third kappa shape index (κ3) is 4.48. The molecular weight excluding hydrogens is 368 g/mol. The van der Waals surface area contributed by atoms with Crippen LogP contribution in [0.4, 0.5) is 0 Å². The van der Waals surface area contributed by atoms with E-state index in [9.17, 15) is 16.8 Å². The average molecular weight is 381 g/mol. The Hall–Kier alpha value is -1.03. The predicted molar refractivity (Wildman–Crippen MR) is 84.8 cm³/mol. The van der Waals surface area contributed by atoms with Crippen molar-refractivity contribution in [1.82, 2.24) is 10.2 Å². The molecule has 0 unspecified atom stereocenters. The Morgan fingerprint density at radius 3 is 2.18 bits per heavy atom. The second-order valence-electron chi connectivity index (χ2n) is 4.65. The maximum absolute atomic E-state index is 12.1. The van der Waals surface area contributed by atoms with Crippen molar-refractivity contribution >= 4 is 42.6 Å². The fourth-order valence-electron chi connectivity index (χ4n) is 1.68. The predicted octanol–water partition coefficient (Wildman–Crippen LogP) is 2.00. The van der Waals surface area contributed by atoms with Gasteiger partial charge in [0.2, 0.25) is 28.4 Å². The van der Waals surface area contributed by atoms with Gasteiger partial charge >= 0.3 is 0 Å². The first-order chi connectivity index (χ1) is 10.2. The molecule has 2 aromatic rings. The number of aryl methyl sites for hydroxylation is 1. The van der Waals surface area contributed by atoms with Crippen LogP contribution in [0.5, 0.6) is 0 Å². The fourth-order valence-corrected chi connectivity index (χ4v) is 5.16. The largest absolute Gasteiger partial charge is 0.233 e. The highest BCUT2D eigenvalue weighted by Gasteiger charge is 2.23. The first-order valence-corrected chi connectivity index (χ1v) is 10.9. The van der Waals surface area contributed by atoms with Gasteiger partial charge in [-0.15, -0.1) is 10.2 Å². The minimum Gasteiger partial charge on any atom is -0.221 e. The van der Waals surface area contributed by atoms with E-state index in [-0.39, 0.29) is 14.4 Å². The summed E-state index contributed by atoms with van der Waals surface area (Å²) in [5.41, 5.74) is 0.980. The van der Waals surface area contributed by atoms with E-state index < -0.39 is 19.7 Å². The van der Waals surface area contributed by atoms with Gasteiger partial charge in [0, 0.05) is 11.3 Å². The molecule has 0 N–H and O–H groups in total. The molecule has 1 heterocycles. The molecule has 0 spiro atoms. The molecule has 1 aromatic carbocycles. The topological polar surface area (TPSA) is 94.1 Å². The lowest BCUT2D eigenvalue weighted by atomic mass is 10.1. The first-order valence-electron chi connectivity index (χ1n) is 6.19. The van der Waals surface area contributed by atoms with Crippen LogP contribution in [-0.4, -0.2) is 39.0 Å². The summed E-state index contributed by atoms with van der Waals surface area (Å²) >= 11 is 6.36. The number of benzene rings is 1. The van der Waals surface area contributed by atoms with Gasteiger partial charge in [0.05, 0.1) is 5.75 Å². The molecule has 22 heavy (non-hydrogen) atoms. The molecule has 0 saturated carbocycles. The Morgan fingerprint density at radius 1 is 1.05 bits per heavy atom. The molecule has 6 nitrogen and oxygen atoms in total. The Morgan fingerprint density at radius 2 is 1.64 bits per heavy atom. The molecule has 0 radical (unpaired) electrons. The summed E-state index contributed by atoms with van der Waals surface area (Å²) in [6.07, 6.45) is 1.94. The van der Waals surface area contributed by atoms with Crippen molar-refractivity contribution in [2.24, 2.45) is 0 Å². The fraction of sp³-hybridized carbons (Fsp3) is 0.333. The number of hydrogen-bond acceptors (Lipinski definition) is 7. The van der Waals surface area contributed by atoms with Crippen molar-refractivity contribution in [2.75, 3.05) is 12.0 Å². The average Bonchev–Trinajstić information content (AvgIpc) is 2.91. The number of rotatable bonds is 6. The first kappa shape index (κ1) is 17.3. The van der Waals surface area contributed by atoms with Crippen molar-refractivity contribution < 1.29 is 16.8 Å². The molecular formula is C12H13ClN2O4S3. The van der Waals surface area contributed by atoms with Crippen molar-refractivity contribution in [3.8, 4) is 0 Å². The summed E-state index contributed by atoms with van der Waals surface area (Å²) in [7, 11) is -7.17. The maximum Gasteiger partial charge on any atom is 0.233 e. The van der Waals surface area contributed by atoms with Crippen LogP contribution in [0.1, 0.15) is 12.0 Å². The molecule has 0 saturated heterocycles. The van der Waals surface area contributed by atoms with Crippen LogP contribution in [0.3, 0.4) is 0 Å². The lowest BCUT2D eigenvalue weighted by Crippen LogP contribution is -2.07. The van der Waals surface area contributed by atoms with E-state index in [0.717, 1.165) is 11.8 Å². The van der Waals surface area contributed by atoms with E-state index in [1.165, 1.54) is 0 Å². The number of aromatic nitrogens is 2. The summed E-state index contributed by atoms with van der Waals surface area (Å²) in [5, 5.41) is 7.52. The molecule has 0 fully saturated rings. The molecule has 2 rings (SSSR count). The number of sulfone groups is 2. The van der Waals surface area contributed by atoms with Gasteiger partial charge in [-0.2, -0.15) is 0 Å². The Balaban J connectivity index is 2.02. The minimum absolute atomic E-state index is 0.117. The van der Waals surface area contributed by atoms with Gasteiger partial charge in [0.25, 0.3) is 0 Å². The summed E-state index contributed by atoms with van der Waals surface area (Å²) in [4.78, 5) is 0. The zero-order chi connectivity index (χ0) is 16.4. The van der Waals surface area contributed by atoms with Crippen LogP contribution in [0.25, 0.3) is 0 Å². The zero-order valence-electron chi connectivity index (χ0n) is 11.6. The van der Waals surface area contributed by atoms with Crippen LogP contribution in [-0.2, 0) is 26.1 Å². The maximum atomic E-state index is 12.1. The monoisotopic (exact) mass is 380 g/mol. The third-order valence-corrected chi connectivity index (χ3v) is 7.85. The normalized spacial score (nSPS) is 12.5. The second kappa shape index (κ2) is 6.61. The van der Waals surface area contributed by atoms with Crippen LogP contribution in [0, 0.1) is 0 Å². The molecule has 0 amide bonds. The Bertz CT molecular complexity index is 858. The van der Waals surface area contributed by atoms with E-state index in [4.69, 9.17) is 11.6 Å². The molecule has 0 bridgehead atoms. The third-order valence-electron chi connectivity index (χ3n) is 2.76. The van der Waals surface area contributed by atoms with Crippen LogP contribution < -0.4 is 0 Å².